The average molecular weight is 411 g/mol. The molecule has 0 aliphatic heterocycles. The van der Waals surface area contributed by atoms with E-state index in [1.807, 2.05) is 58.0 Å². The van der Waals surface area contributed by atoms with Crippen LogP contribution in [0.4, 0.5) is 0 Å². The summed E-state index contributed by atoms with van der Waals surface area (Å²) in [5.41, 5.74) is 3.62. The zero-order chi connectivity index (χ0) is 22.1. The summed E-state index contributed by atoms with van der Waals surface area (Å²) in [5, 5.41) is 9.61. The minimum Gasteiger partial charge on any atom is -0.494 e. The van der Waals surface area contributed by atoms with E-state index in [2.05, 4.69) is 40.0 Å². The summed E-state index contributed by atoms with van der Waals surface area (Å²) in [6.07, 6.45) is 0. The van der Waals surface area contributed by atoms with Gasteiger partial charge < -0.3 is 20.7 Å². The van der Waals surface area contributed by atoms with Gasteiger partial charge in [0.2, 0.25) is 0 Å². The third-order valence-corrected chi connectivity index (χ3v) is 4.33. The van der Waals surface area contributed by atoms with Crippen molar-refractivity contribution in [3.63, 3.8) is 0 Å². The number of hydrogen-bond acceptors (Lipinski definition) is 3. The van der Waals surface area contributed by atoms with E-state index < -0.39 is 0 Å². The third kappa shape index (κ3) is 7.43. The van der Waals surface area contributed by atoms with Crippen molar-refractivity contribution in [3.05, 3.63) is 64.7 Å². The van der Waals surface area contributed by atoms with Crippen molar-refractivity contribution in [1.82, 2.24) is 16.0 Å². The second kappa shape index (κ2) is 10.7. The van der Waals surface area contributed by atoms with E-state index in [4.69, 9.17) is 4.74 Å². The highest BCUT2D eigenvalue weighted by Gasteiger charge is 2.15. The average Bonchev–Trinajstić information content (AvgIpc) is 2.68. The Bertz CT molecular complexity index is 885. The van der Waals surface area contributed by atoms with Crippen LogP contribution in [0.5, 0.6) is 5.75 Å². The first-order valence-electron chi connectivity index (χ1n) is 10.3. The summed E-state index contributed by atoms with van der Waals surface area (Å²) in [7, 11) is 1.74. The molecule has 0 radical (unpaired) electrons. The van der Waals surface area contributed by atoms with Gasteiger partial charge in [0, 0.05) is 36.8 Å². The van der Waals surface area contributed by atoms with Gasteiger partial charge in [0.1, 0.15) is 5.75 Å². The molecule has 0 unspecified atom stereocenters. The van der Waals surface area contributed by atoms with E-state index >= 15 is 0 Å². The molecule has 30 heavy (non-hydrogen) atoms. The van der Waals surface area contributed by atoms with Crippen LogP contribution in [0.1, 0.15) is 54.7 Å². The summed E-state index contributed by atoms with van der Waals surface area (Å²) in [4.78, 5) is 16.7. The van der Waals surface area contributed by atoms with Crippen molar-refractivity contribution in [2.75, 3.05) is 13.7 Å². The Morgan fingerprint density at radius 2 is 1.80 bits per heavy atom. The predicted molar refractivity (Wildman–Crippen MR) is 123 cm³/mol. The molecule has 3 N–H and O–H groups in total. The monoisotopic (exact) mass is 410 g/mol. The highest BCUT2D eigenvalue weighted by atomic mass is 16.5. The first kappa shape index (κ1) is 23.3. The third-order valence-electron chi connectivity index (χ3n) is 4.33. The Morgan fingerprint density at radius 1 is 1.07 bits per heavy atom. The van der Waals surface area contributed by atoms with Crippen LogP contribution in [-0.2, 0) is 13.1 Å². The number of nitrogens with zero attached hydrogens (tertiary/aromatic N) is 1. The number of guanidine groups is 1. The number of nitrogens with one attached hydrogen (secondary N) is 3. The highest BCUT2D eigenvalue weighted by Crippen LogP contribution is 2.20. The van der Waals surface area contributed by atoms with Gasteiger partial charge in [-0.1, -0.05) is 24.3 Å². The normalized spacial score (nSPS) is 11.7. The maximum Gasteiger partial charge on any atom is 0.251 e. The van der Waals surface area contributed by atoms with Crippen molar-refractivity contribution in [1.29, 1.82) is 0 Å². The van der Waals surface area contributed by atoms with Crippen LogP contribution in [0, 0.1) is 6.92 Å². The van der Waals surface area contributed by atoms with Crippen molar-refractivity contribution in [3.8, 4) is 5.75 Å². The molecule has 0 spiro atoms. The van der Waals surface area contributed by atoms with E-state index in [1.165, 1.54) is 5.56 Å². The fourth-order valence-electron chi connectivity index (χ4n) is 2.92. The van der Waals surface area contributed by atoms with Crippen LogP contribution in [-0.4, -0.2) is 31.1 Å². The number of benzene rings is 2. The van der Waals surface area contributed by atoms with Crippen LogP contribution in [0.15, 0.2) is 47.5 Å². The number of rotatable bonds is 7. The molecular formula is C24H34N4O2. The molecule has 0 saturated carbocycles. The summed E-state index contributed by atoms with van der Waals surface area (Å²) in [5.74, 6) is 1.50. The molecule has 6 heteroatoms. The molecule has 0 atom stereocenters. The summed E-state index contributed by atoms with van der Waals surface area (Å²) >= 11 is 0. The van der Waals surface area contributed by atoms with Gasteiger partial charge in [0.05, 0.1) is 6.61 Å². The summed E-state index contributed by atoms with van der Waals surface area (Å²) in [6, 6.07) is 13.8. The lowest BCUT2D eigenvalue weighted by Crippen LogP contribution is -2.40. The van der Waals surface area contributed by atoms with E-state index in [0.717, 1.165) is 16.9 Å². The van der Waals surface area contributed by atoms with Gasteiger partial charge in [-0.2, -0.15) is 0 Å². The van der Waals surface area contributed by atoms with Gasteiger partial charge in [-0.25, -0.2) is 0 Å². The Balaban J connectivity index is 1.97. The molecule has 0 bridgehead atoms. The van der Waals surface area contributed by atoms with Crippen LogP contribution in [0.3, 0.4) is 0 Å². The van der Waals surface area contributed by atoms with Crippen LogP contribution >= 0.6 is 0 Å². The maximum atomic E-state index is 12.4. The molecule has 2 aromatic carbocycles. The van der Waals surface area contributed by atoms with Crippen molar-refractivity contribution >= 4 is 11.9 Å². The van der Waals surface area contributed by atoms with E-state index in [1.54, 1.807) is 7.05 Å². The molecule has 0 aliphatic rings. The van der Waals surface area contributed by atoms with Crippen molar-refractivity contribution < 1.29 is 9.53 Å². The Kier molecular flexibility index (Phi) is 8.27. The molecule has 162 valence electrons. The van der Waals surface area contributed by atoms with Gasteiger partial charge >= 0.3 is 0 Å². The van der Waals surface area contributed by atoms with E-state index in [0.29, 0.717) is 31.2 Å². The van der Waals surface area contributed by atoms with E-state index in [9.17, 15) is 4.79 Å². The Hall–Kier alpha value is -3.02. The number of aryl methyl sites for hydroxylation is 1. The minimum absolute atomic E-state index is 0.0744. The lowest BCUT2D eigenvalue weighted by molar-refractivity contribution is 0.0919. The molecule has 0 fully saturated rings. The first-order valence-corrected chi connectivity index (χ1v) is 10.3. The SMILES string of the molecule is CCOc1cc(C)ccc1CNC(=NC)NCc1cccc(C(=O)NC(C)(C)C)c1. The molecule has 0 aliphatic carbocycles. The second-order valence-electron chi connectivity index (χ2n) is 8.23. The number of carbonyl (C=O) groups excluding carboxylic acids is 1. The molecule has 0 aromatic heterocycles. The van der Waals surface area contributed by atoms with Gasteiger partial charge in [-0.15, -0.1) is 0 Å². The fourth-order valence-corrected chi connectivity index (χ4v) is 2.92. The maximum absolute atomic E-state index is 12.4. The Morgan fingerprint density at radius 3 is 2.47 bits per heavy atom. The standard InChI is InChI=1S/C24H34N4O2/c1-7-30-21-13-17(2)11-12-20(21)16-27-23(25-6)26-15-18-9-8-10-19(14-18)22(29)28-24(3,4)5/h8-14H,7,15-16H2,1-6H3,(H,28,29)(H2,25,26,27). The fraction of sp³-hybridized carbons (Fsp3) is 0.417. The Labute approximate surface area is 180 Å². The summed E-state index contributed by atoms with van der Waals surface area (Å²) in [6.45, 7) is 11.7. The molecule has 6 nitrogen and oxygen atoms in total. The number of hydrogen-bond donors (Lipinski definition) is 3. The van der Waals surface area contributed by atoms with Gasteiger partial charge in [-0.3, -0.25) is 9.79 Å². The smallest absolute Gasteiger partial charge is 0.251 e. The molecule has 2 rings (SSSR count). The number of aliphatic imine (C=N–C) groups is 1. The van der Waals surface area contributed by atoms with Crippen molar-refractivity contribution in [2.45, 2.75) is 53.2 Å². The first-order chi connectivity index (χ1) is 14.2. The zero-order valence-corrected chi connectivity index (χ0v) is 18.9. The summed E-state index contributed by atoms with van der Waals surface area (Å²) < 4.78 is 5.74. The quantitative estimate of drug-likeness (QED) is 0.480. The molecular weight excluding hydrogens is 376 g/mol. The lowest BCUT2D eigenvalue weighted by atomic mass is 10.1. The minimum atomic E-state index is -0.270. The topological polar surface area (TPSA) is 74.8 Å². The van der Waals surface area contributed by atoms with E-state index in [-0.39, 0.29) is 11.4 Å². The highest BCUT2D eigenvalue weighted by molar-refractivity contribution is 5.94. The van der Waals surface area contributed by atoms with Crippen LogP contribution in [0.25, 0.3) is 0 Å². The molecule has 0 saturated heterocycles. The van der Waals surface area contributed by atoms with Gasteiger partial charge in [0.15, 0.2) is 5.96 Å². The number of carbonyl (C=O) groups is 1. The van der Waals surface area contributed by atoms with Gasteiger partial charge in [0.25, 0.3) is 5.91 Å². The van der Waals surface area contributed by atoms with Gasteiger partial charge in [-0.05, 0) is 63.9 Å². The van der Waals surface area contributed by atoms with Crippen LogP contribution < -0.4 is 20.7 Å². The lowest BCUT2D eigenvalue weighted by Gasteiger charge is -2.20. The number of amides is 1. The van der Waals surface area contributed by atoms with Crippen LogP contribution in [0.2, 0.25) is 0 Å². The second-order valence-corrected chi connectivity index (χ2v) is 8.23. The zero-order valence-electron chi connectivity index (χ0n) is 18.9. The number of ether oxygens (including phenoxy) is 1. The van der Waals surface area contributed by atoms with Crippen molar-refractivity contribution in [2.24, 2.45) is 4.99 Å². The predicted octanol–water partition coefficient (Wildman–Crippen LogP) is 3.79. The largest absolute Gasteiger partial charge is 0.494 e. The molecule has 2 aromatic rings. The molecule has 0 heterocycles. The molecule has 1 amide bonds.